The minimum absolute atomic E-state index is 0.0142. The number of pyridine rings is 1. The Bertz CT molecular complexity index is 1880. The van der Waals surface area contributed by atoms with Crippen molar-refractivity contribution in [2.75, 3.05) is 13.7 Å². The monoisotopic (exact) mass is 609 g/mol. The average molecular weight is 610 g/mol. The normalized spacial score (nSPS) is 11.7. The Morgan fingerprint density at radius 1 is 0.848 bits per heavy atom. The molecule has 2 heterocycles. The molecule has 6 rings (SSSR count). The lowest BCUT2D eigenvalue weighted by molar-refractivity contribution is -0.121. The van der Waals surface area contributed by atoms with Crippen LogP contribution in [-0.4, -0.2) is 29.1 Å². The van der Waals surface area contributed by atoms with E-state index in [-0.39, 0.29) is 18.2 Å². The minimum atomic E-state index is -0.212. The van der Waals surface area contributed by atoms with Gasteiger partial charge in [0.1, 0.15) is 6.61 Å². The number of aryl methyl sites for hydroxylation is 1. The van der Waals surface area contributed by atoms with Gasteiger partial charge in [-0.25, -0.2) is 0 Å². The zero-order valence-electron chi connectivity index (χ0n) is 26.4. The van der Waals surface area contributed by atoms with Gasteiger partial charge >= 0.3 is 0 Å². The predicted molar refractivity (Wildman–Crippen MR) is 183 cm³/mol. The molecule has 0 saturated heterocycles. The van der Waals surface area contributed by atoms with Gasteiger partial charge in [0.15, 0.2) is 11.5 Å². The molecule has 1 N–H and O–H groups in total. The Hall–Kier alpha value is -5.36. The summed E-state index contributed by atoms with van der Waals surface area (Å²) in [5, 5.41) is 4.27. The smallest absolute Gasteiger partial charge is 0.220 e. The van der Waals surface area contributed by atoms with E-state index in [4.69, 9.17) is 9.47 Å². The van der Waals surface area contributed by atoms with Crippen molar-refractivity contribution in [2.24, 2.45) is 0 Å². The molecule has 2 aromatic heterocycles. The number of rotatable bonds is 13. The van der Waals surface area contributed by atoms with Crippen molar-refractivity contribution < 1.29 is 14.3 Å². The van der Waals surface area contributed by atoms with Crippen molar-refractivity contribution in [1.82, 2.24) is 14.9 Å². The first-order valence-electron chi connectivity index (χ1n) is 15.7. The van der Waals surface area contributed by atoms with Crippen LogP contribution in [0.25, 0.3) is 10.9 Å². The second-order valence-electron chi connectivity index (χ2n) is 11.6. The van der Waals surface area contributed by atoms with Crippen molar-refractivity contribution in [3.8, 4) is 11.5 Å². The predicted octanol–water partition coefficient (Wildman–Crippen LogP) is 7.86. The highest BCUT2D eigenvalue weighted by Gasteiger charge is 2.24. The number of hydrogen-bond acceptors (Lipinski definition) is 4. The number of ether oxygens (including phenoxy) is 2. The van der Waals surface area contributed by atoms with E-state index in [1.165, 1.54) is 11.1 Å². The highest BCUT2D eigenvalue weighted by molar-refractivity contribution is 5.87. The van der Waals surface area contributed by atoms with Crippen LogP contribution < -0.4 is 14.8 Å². The third-order valence-electron chi connectivity index (χ3n) is 8.31. The summed E-state index contributed by atoms with van der Waals surface area (Å²) in [6.07, 6.45) is 4.95. The van der Waals surface area contributed by atoms with Crippen molar-refractivity contribution >= 4 is 16.8 Å². The van der Waals surface area contributed by atoms with Crippen molar-refractivity contribution in [2.45, 2.75) is 38.8 Å². The number of nitrogens with one attached hydrogen (secondary N) is 1. The molecule has 0 aliphatic carbocycles. The van der Waals surface area contributed by atoms with E-state index in [0.717, 1.165) is 39.8 Å². The fourth-order valence-electron chi connectivity index (χ4n) is 5.87. The van der Waals surface area contributed by atoms with Crippen LogP contribution in [0.4, 0.5) is 0 Å². The second kappa shape index (κ2) is 14.6. The van der Waals surface area contributed by atoms with Crippen LogP contribution in [0.15, 0.2) is 128 Å². The molecular weight excluding hydrogens is 570 g/mol. The van der Waals surface area contributed by atoms with Crippen LogP contribution in [0.3, 0.4) is 0 Å². The van der Waals surface area contributed by atoms with Crippen molar-refractivity contribution in [3.63, 3.8) is 0 Å². The fraction of sp³-hybridized carbons (Fsp3) is 0.200. The van der Waals surface area contributed by atoms with E-state index in [0.29, 0.717) is 31.1 Å². The first kappa shape index (κ1) is 30.7. The van der Waals surface area contributed by atoms with Gasteiger partial charge in [-0.2, -0.15) is 0 Å². The lowest BCUT2D eigenvalue weighted by Crippen LogP contribution is -2.27. The van der Waals surface area contributed by atoms with E-state index in [9.17, 15) is 4.79 Å². The topological polar surface area (TPSA) is 65.4 Å². The maximum absolute atomic E-state index is 13.5. The number of fused-ring (bicyclic) bond motifs is 1. The summed E-state index contributed by atoms with van der Waals surface area (Å²) in [6.45, 7) is 3.79. The van der Waals surface area contributed by atoms with Gasteiger partial charge < -0.3 is 19.4 Å². The van der Waals surface area contributed by atoms with E-state index in [1.807, 2.05) is 60.7 Å². The Morgan fingerprint density at radius 3 is 2.41 bits per heavy atom. The zero-order valence-corrected chi connectivity index (χ0v) is 26.4. The molecule has 1 unspecified atom stereocenters. The number of benzene rings is 4. The molecule has 0 saturated carbocycles. The molecule has 46 heavy (non-hydrogen) atoms. The molecule has 0 aliphatic rings. The maximum Gasteiger partial charge on any atom is 0.220 e. The molecule has 6 aromatic rings. The summed E-state index contributed by atoms with van der Waals surface area (Å²) in [6, 6.07) is 39.0. The highest BCUT2D eigenvalue weighted by atomic mass is 16.5. The number of aromatic nitrogens is 2. The Kier molecular flexibility index (Phi) is 9.74. The first-order chi connectivity index (χ1) is 22.6. The summed E-state index contributed by atoms with van der Waals surface area (Å²) >= 11 is 0. The molecule has 1 atom stereocenters. The van der Waals surface area contributed by atoms with Crippen LogP contribution in [0.2, 0.25) is 0 Å². The van der Waals surface area contributed by atoms with Gasteiger partial charge in [0, 0.05) is 60.8 Å². The molecule has 6 heteroatoms. The van der Waals surface area contributed by atoms with Crippen LogP contribution in [-0.2, 0) is 24.4 Å². The lowest BCUT2D eigenvalue weighted by atomic mass is 9.87. The van der Waals surface area contributed by atoms with Crippen LogP contribution >= 0.6 is 0 Å². The number of carbonyl (C=O) groups is 1. The molecule has 0 aliphatic heterocycles. The maximum atomic E-state index is 13.5. The van der Waals surface area contributed by atoms with Gasteiger partial charge in [0.05, 0.1) is 7.11 Å². The third-order valence-corrected chi connectivity index (χ3v) is 8.31. The van der Waals surface area contributed by atoms with Gasteiger partial charge in [0.2, 0.25) is 5.91 Å². The SMILES string of the molecule is COc1cc(C(CC(=O)NCCc2ccccn2)c2cn(Cc3ccc(C)cc3)c3ccccc23)ccc1OCc1ccccc1. The van der Waals surface area contributed by atoms with Gasteiger partial charge in [-0.3, -0.25) is 9.78 Å². The summed E-state index contributed by atoms with van der Waals surface area (Å²) < 4.78 is 14.3. The number of amides is 1. The summed E-state index contributed by atoms with van der Waals surface area (Å²) in [7, 11) is 1.65. The lowest BCUT2D eigenvalue weighted by Gasteiger charge is -2.19. The van der Waals surface area contributed by atoms with Crippen molar-refractivity contribution in [1.29, 1.82) is 0 Å². The van der Waals surface area contributed by atoms with E-state index in [2.05, 4.69) is 82.6 Å². The number of hydrogen-bond donors (Lipinski definition) is 1. The molecule has 0 fully saturated rings. The highest BCUT2D eigenvalue weighted by Crippen LogP contribution is 2.39. The van der Waals surface area contributed by atoms with Crippen molar-refractivity contribution in [3.05, 3.63) is 161 Å². The average Bonchev–Trinajstić information content (AvgIpc) is 3.46. The number of nitrogens with zero attached hydrogens (tertiary/aromatic N) is 2. The second-order valence-corrected chi connectivity index (χ2v) is 11.6. The Labute approximate surface area is 270 Å². The minimum Gasteiger partial charge on any atom is -0.493 e. The molecular formula is C40H39N3O3. The molecule has 0 radical (unpaired) electrons. The Morgan fingerprint density at radius 2 is 1.63 bits per heavy atom. The van der Waals surface area contributed by atoms with E-state index < -0.39 is 0 Å². The quantitative estimate of drug-likeness (QED) is 0.145. The number of carbonyl (C=O) groups excluding carboxylic acids is 1. The van der Waals surface area contributed by atoms with Crippen LogP contribution in [0.1, 0.15) is 45.8 Å². The van der Waals surface area contributed by atoms with Gasteiger partial charge in [-0.15, -0.1) is 0 Å². The van der Waals surface area contributed by atoms with Crippen LogP contribution in [0.5, 0.6) is 11.5 Å². The fourth-order valence-corrected chi connectivity index (χ4v) is 5.87. The largest absolute Gasteiger partial charge is 0.493 e. The number of para-hydroxylation sites is 1. The van der Waals surface area contributed by atoms with Gasteiger partial charge in [-0.1, -0.05) is 90.5 Å². The van der Waals surface area contributed by atoms with Gasteiger partial charge in [-0.05, 0) is 59.5 Å². The van der Waals surface area contributed by atoms with Crippen LogP contribution in [0, 0.1) is 6.92 Å². The molecule has 0 bridgehead atoms. The summed E-state index contributed by atoms with van der Waals surface area (Å²) in [5.74, 6) is 1.07. The molecule has 0 spiro atoms. The van der Waals surface area contributed by atoms with E-state index in [1.54, 1.807) is 13.3 Å². The van der Waals surface area contributed by atoms with E-state index >= 15 is 0 Å². The molecule has 1 amide bonds. The summed E-state index contributed by atoms with van der Waals surface area (Å²) in [4.78, 5) is 17.9. The zero-order chi connectivity index (χ0) is 31.7. The standard InChI is InChI=1S/C40H39N3O3/c1-29-15-17-30(18-16-29)26-43-27-36(34-13-6-7-14-37(34)43)35(25-40(44)42-23-21-33-12-8-9-22-41-33)32-19-20-38(39(24-32)45-2)46-28-31-10-4-3-5-11-31/h3-20,22,24,27,35H,21,23,25-26,28H2,1-2H3,(H,42,44). The Balaban J connectivity index is 1.32. The number of methoxy groups -OCH3 is 1. The molecule has 232 valence electrons. The molecule has 6 nitrogen and oxygen atoms in total. The summed E-state index contributed by atoms with van der Waals surface area (Å²) in [5.41, 5.74) is 7.71. The van der Waals surface area contributed by atoms with Gasteiger partial charge in [0.25, 0.3) is 0 Å². The first-order valence-corrected chi connectivity index (χ1v) is 15.7. The third kappa shape index (κ3) is 7.46. The molecule has 4 aromatic carbocycles.